The molecule has 0 bridgehead atoms. The molecule has 2 aliphatic heterocycles. The number of hydrogen-bond acceptors (Lipinski definition) is 10. The lowest BCUT2D eigenvalue weighted by molar-refractivity contribution is -0.139. The number of hydrogen-bond donors (Lipinski definition) is 3. The zero-order valence-corrected chi connectivity index (χ0v) is 25.9. The van der Waals surface area contributed by atoms with Crippen LogP contribution in [0.3, 0.4) is 0 Å². The van der Waals surface area contributed by atoms with E-state index >= 15 is 0 Å². The Morgan fingerprint density at radius 1 is 1.07 bits per heavy atom. The van der Waals surface area contributed by atoms with Crippen LogP contribution in [0.5, 0.6) is 0 Å². The molecule has 2 aromatic carbocycles. The fourth-order valence-corrected chi connectivity index (χ4v) is 6.52. The Hall–Kier alpha value is -4.79. The zero-order chi connectivity index (χ0) is 32.1. The number of fused-ring (bicyclic) bond motifs is 1. The molecule has 15 heteroatoms. The first-order chi connectivity index (χ1) is 21.6. The number of likely N-dealkylation sites (N-methyl/N-ethyl adjacent to an activating group) is 1. The number of carbonyl (C=O) groups excluding carboxylic acids is 5. The first-order valence-electron chi connectivity index (χ1n) is 14.4. The van der Waals surface area contributed by atoms with Gasteiger partial charge < -0.3 is 25.2 Å². The highest BCUT2D eigenvalue weighted by atomic mass is 32.2. The number of tetrazole rings is 1. The first kappa shape index (κ1) is 31.6. The van der Waals surface area contributed by atoms with Crippen molar-refractivity contribution in [3.8, 4) is 22.5 Å². The van der Waals surface area contributed by atoms with Crippen molar-refractivity contribution in [2.75, 3.05) is 33.0 Å². The molecule has 4 amide bonds. The van der Waals surface area contributed by atoms with E-state index in [2.05, 4.69) is 31.3 Å². The maximum Gasteiger partial charge on any atom is 0.338 e. The Labute approximate surface area is 263 Å². The summed E-state index contributed by atoms with van der Waals surface area (Å²) in [5.74, 6) is -1.40. The highest BCUT2D eigenvalue weighted by Crippen LogP contribution is 2.32. The molecule has 236 valence electrons. The third-order valence-corrected chi connectivity index (χ3v) is 8.82. The number of nitrogens with one attached hydrogen (secondary N) is 3. The third kappa shape index (κ3) is 7.14. The number of aromatic nitrogens is 4. The zero-order valence-electron chi connectivity index (χ0n) is 25.1. The summed E-state index contributed by atoms with van der Waals surface area (Å²) in [6.45, 7) is 1.36. The lowest BCUT2D eigenvalue weighted by Gasteiger charge is -2.28. The number of ether oxygens (including phenoxy) is 1. The summed E-state index contributed by atoms with van der Waals surface area (Å²) in [4.78, 5) is 68.2. The van der Waals surface area contributed by atoms with Gasteiger partial charge in [0.2, 0.25) is 29.5 Å². The molecule has 1 fully saturated rings. The molecule has 3 aromatic rings. The van der Waals surface area contributed by atoms with E-state index in [0.29, 0.717) is 42.1 Å². The van der Waals surface area contributed by atoms with Gasteiger partial charge in [-0.3, -0.25) is 19.2 Å². The molecule has 3 heterocycles. The van der Waals surface area contributed by atoms with Gasteiger partial charge in [0.25, 0.3) is 0 Å². The van der Waals surface area contributed by atoms with Gasteiger partial charge in [0.15, 0.2) is 0 Å². The van der Waals surface area contributed by atoms with Gasteiger partial charge in [0.05, 0.1) is 5.56 Å². The highest BCUT2D eigenvalue weighted by Gasteiger charge is 2.36. The van der Waals surface area contributed by atoms with Gasteiger partial charge in [-0.15, -0.1) is 10.2 Å². The monoisotopic (exact) mass is 634 g/mol. The Bertz CT molecular complexity index is 1580. The molecule has 0 aliphatic carbocycles. The molecule has 1 aromatic heterocycles. The van der Waals surface area contributed by atoms with Crippen molar-refractivity contribution in [1.29, 1.82) is 0 Å². The number of aromatic amines is 1. The van der Waals surface area contributed by atoms with Crippen LogP contribution in [0.1, 0.15) is 35.7 Å². The van der Waals surface area contributed by atoms with Crippen molar-refractivity contribution in [2.24, 2.45) is 0 Å². The average Bonchev–Trinajstić information content (AvgIpc) is 3.75. The minimum absolute atomic E-state index is 0.212. The number of amides is 4. The lowest BCUT2D eigenvalue weighted by Crippen LogP contribution is -2.58. The second-order valence-electron chi connectivity index (χ2n) is 11.0. The summed E-state index contributed by atoms with van der Waals surface area (Å²) in [6, 6.07) is 9.86. The van der Waals surface area contributed by atoms with Gasteiger partial charge in [-0.25, -0.2) is 4.79 Å². The summed E-state index contributed by atoms with van der Waals surface area (Å²) in [5, 5.41) is 19.5. The normalized spacial score (nSPS) is 20.6. The van der Waals surface area contributed by atoms with Crippen molar-refractivity contribution in [1.82, 2.24) is 41.1 Å². The van der Waals surface area contributed by atoms with Crippen molar-refractivity contribution < 1.29 is 28.7 Å². The van der Waals surface area contributed by atoms with Crippen LogP contribution in [0, 0.1) is 0 Å². The fourth-order valence-electron chi connectivity index (χ4n) is 5.43. The standard InChI is InChI=1S/C30H34N8O6S/c1-17(39)38-13-5-8-25(38)28(41)31-23-14-44-30(43)21-7-4-6-20(18-9-11-19(12-10-18)26-33-35-36-34-26)22(21)15-45-16-24(32-27(23)40)29(42)37(2)3/h4,6-7,9-12,23-25H,5,8,13-16H2,1-3H3,(H,31,41)(H,32,40)(H,33,34,35,36)/t23-,24-,25+/m1/s1. The fraction of sp³-hybridized carbons (Fsp3) is 0.400. The van der Waals surface area contributed by atoms with Gasteiger partial charge in [-0.05, 0) is 40.8 Å². The molecule has 0 spiro atoms. The molecular weight excluding hydrogens is 600 g/mol. The van der Waals surface area contributed by atoms with Crippen molar-refractivity contribution in [3.05, 3.63) is 53.6 Å². The van der Waals surface area contributed by atoms with Gasteiger partial charge >= 0.3 is 5.97 Å². The largest absolute Gasteiger partial charge is 0.459 e. The van der Waals surface area contributed by atoms with E-state index in [1.807, 2.05) is 30.3 Å². The summed E-state index contributed by atoms with van der Waals surface area (Å²) in [7, 11) is 3.19. The third-order valence-electron chi connectivity index (χ3n) is 7.76. The maximum atomic E-state index is 13.5. The van der Waals surface area contributed by atoms with E-state index in [4.69, 9.17) is 4.74 Å². The summed E-state index contributed by atoms with van der Waals surface area (Å²) in [5.41, 5.74) is 3.40. The second kappa shape index (κ2) is 13.9. The Morgan fingerprint density at radius 2 is 1.80 bits per heavy atom. The predicted molar refractivity (Wildman–Crippen MR) is 164 cm³/mol. The molecule has 45 heavy (non-hydrogen) atoms. The van der Waals surface area contributed by atoms with Gasteiger partial charge in [-0.1, -0.05) is 36.4 Å². The van der Waals surface area contributed by atoms with E-state index in [0.717, 1.165) is 16.7 Å². The molecular formula is C30H34N8O6S. The van der Waals surface area contributed by atoms with Crippen LogP contribution >= 0.6 is 11.8 Å². The van der Waals surface area contributed by atoms with Gasteiger partial charge in [0, 0.05) is 44.6 Å². The van der Waals surface area contributed by atoms with Crippen LogP contribution in [-0.4, -0.2) is 111 Å². The molecule has 0 radical (unpaired) electrons. The number of carbonyl (C=O) groups is 5. The average molecular weight is 635 g/mol. The summed E-state index contributed by atoms with van der Waals surface area (Å²) in [6.07, 6.45) is 1.10. The van der Waals surface area contributed by atoms with Crippen LogP contribution < -0.4 is 10.6 Å². The highest BCUT2D eigenvalue weighted by molar-refractivity contribution is 7.98. The van der Waals surface area contributed by atoms with Crippen LogP contribution in [0.4, 0.5) is 0 Å². The molecule has 3 N–H and O–H groups in total. The Kier molecular flexibility index (Phi) is 9.76. The number of likely N-dealkylation sites (tertiary alicyclic amines) is 1. The number of cyclic esters (lactones) is 1. The smallest absolute Gasteiger partial charge is 0.338 e. The van der Waals surface area contributed by atoms with Crippen LogP contribution in [0.25, 0.3) is 22.5 Å². The molecule has 3 atom stereocenters. The van der Waals surface area contributed by atoms with Crippen molar-refractivity contribution >= 4 is 41.4 Å². The van der Waals surface area contributed by atoms with Crippen molar-refractivity contribution in [2.45, 2.75) is 43.6 Å². The predicted octanol–water partition coefficient (Wildman–Crippen LogP) is 1.01. The number of thioether (sulfide) groups is 1. The first-order valence-corrected chi connectivity index (χ1v) is 15.6. The quantitative estimate of drug-likeness (QED) is 0.343. The SMILES string of the molecule is CC(=O)N1CCC[C@H]1C(=O)N[C@@H]1COC(=O)c2cccc(-c3ccc(-c4nn[nH]n4)cc3)c2CSC[C@H](C(=O)N(C)C)NC1=O. The molecule has 5 rings (SSSR count). The van der Waals surface area contributed by atoms with E-state index < -0.39 is 42.5 Å². The van der Waals surface area contributed by atoms with E-state index in [9.17, 15) is 24.0 Å². The number of benzene rings is 2. The number of rotatable bonds is 5. The Balaban J connectivity index is 1.45. The summed E-state index contributed by atoms with van der Waals surface area (Å²) < 4.78 is 5.64. The van der Waals surface area contributed by atoms with E-state index in [1.165, 1.54) is 28.5 Å². The molecule has 0 unspecified atom stereocenters. The lowest BCUT2D eigenvalue weighted by atomic mass is 9.95. The van der Waals surface area contributed by atoms with Crippen LogP contribution in [-0.2, 0) is 29.7 Å². The number of nitrogens with zero attached hydrogens (tertiary/aromatic N) is 5. The molecule has 0 saturated carbocycles. The molecule has 14 nitrogen and oxygen atoms in total. The number of H-pyrrole nitrogens is 1. The van der Waals surface area contributed by atoms with Crippen LogP contribution in [0.15, 0.2) is 42.5 Å². The maximum absolute atomic E-state index is 13.5. The van der Waals surface area contributed by atoms with Crippen LogP contribution in [0.2, 0.25) is 0 Å². The van der Waals surface area contributed by atoms with Gasteiger partial charge in [-0.2, -0.15) is 17.0 Å². The summed E-state index contributed by atoms with van der Waals surface area (Å²) >= 11 is 1.38. The minimum atomic E-state index is -1.29. The van der Waals surface area contributed by atoms with E-state index in [-0.39, 0.29) is 17.6 Å². The molecule has 2 aliphatic rings. The Morgan fingerprint density at radius 3 is 2.49 bits per heavy atom. The number of esters is 1. The van der Waals surface area contributed by atoms with Gasteiger partial charge in [0.1, 0.15) is 24.7 Å². The van der Waals surface area contributed by atoms with E-state index in [1.54, 1.807) is 26.2 Å². The van der Waals surface area contributed by atoms with Crippen molar-refractivity contribution in [3.63, 3.8) is 0 Å². The minimum Gasteiger partial charge on any atom is -0.459 e. The topological polar surface area (TPSA) is 180 Å². The second-order valence-corrected chi connectivity index (χ2v) is 12.0. The molecule has 1 saturated heterocycles.